The Morgan fingerprint density at radius 2 is 1.64 bits per heavy atom. The third-order valence-corrected chi connectivity index (χ3v) is 12.0. The minimum absolute atomic E-state index is 0.0787. The fraction of sp³-hybridized carbons (Fsp3) is 0.579. The highest BCUT2D eigenvalue weighted by molar-refractivity contribution is 6.06. The molecule has 226 valence electrons. The summed E-state index contributed by atoms with van der Waals surface area (Å²) >= 11 is 0. The molecule has 0 spiro atoms. The van der Waals surface area contributed by atoms with E-state index in [0.29, 0.717) is 11.8 Å². The Labute approximate surface area is 253 Å². The third kappa shape index (κ3) is 5.03. The van der Waals surface area contributed by atoms with E-state index in [9.17, 15) is 14.7 Å². The van der Waals surface area contributed by atoms with Gasteiger partial charge in [-0.25, -0.2) is 0 Å². The second kappa shape index (κ2) is 10.7. The van der Waals surface area contributed by atoms with Crippen molar-refractivity contribution in [3.8, 4) is 0 Å². The Hall–Kier alpha value is -2.88. The van der Waals surface area contributed by atoms with Crippen LogP contribution in [0.2, 0.25) is 0 Å². The number of carbonyl (C=O) groups is 2. The lowest BCUT2D eigenvalue weighted by atomic mass is 9.40. The highest BCUT2D eigenvalue weighted by Gasteiger charge is 2.60. The zero-order valence-electron chi connectivity index (χ0n) is 27.1. The highest BCUT2D eigenvalue weighted by atomic mass is 16.3. The summed E-state index contributed by atoms with van der Waals surface area (Å²) in [5.41, 5.74) is 7.45. The summed E-state index contributed by atoms with van der Waals surface area (Å²) in [5.74, 6) is 2.13. The van der Waals surface area contributed by atoms with Gasteiger partial charge in [0, 0.05) is 16.7 Å². The van der Waals surface area contributed by atoms with Crippen LogP contribution in [-0.4, -0.2) is 17.3 Å². The van der Waals surface area contributed by atoms with E-state index < -0.39 is 0 Å². The number of fused-ring (bicyclic) bond motifs is 7. The molecular weight excluding hydrogens is 518 g/mol. The number of hydrogen-bond donors (Lipinski definition) is 2. The van der Waals surface area contributed by atoms with Crippen LogP contribution >= 0.6 is 0 Å². The maximum absolute atomic E-state index is 12.5. The van der Waals surface area contributed by atoms with Crippen LogP contribution in [0.15, 0.2) is 70.5 Å². The number of benzene rings is 1. The van der Waals surface area contributed by atoms with Crippen molar-refractivity contribution < 1.29 is 14.7 Å². The van der Waals surface area contributed by atoms with Crippen LogP contribution in [0.1, 0.15) is 106 Å². The molecule has 5 aliphatic carbocycles. The molecule has 2 N–H and O–H groups in total. The molecule has 6 atom stereocenters. The molecule has 6 rings (SSSR count). The number of nitrogens with one attached hydrogen (secondary N) is 1. The first-order chi connectivity index (χ1) is 19.6. The predicted octanol–water partition coefficient (Wildman–Crippen LogP) is 9.41. The number of carbonyl (C=O) groups excluding carboxylic acids is 2. The number of aliphatic hydroxyl groups is 1. The van der Waals surface area contributed by atoms with Crippen LogP contribution in [0.4, 0.5) is 5.69 Å². The normalized spacial score (nSPS) is 35.6. The Balaban J connectivity index is 0.000000229. The molecular formula is C38H51NO3. The maximum atomic E-state index is 12.5. The van der Waals surface area contributed by atoms with E-state index in [1.54, 1.807) is 11.6 Å². The van der Waals surface area contributed by atoms with Gasteiger partial charge < -0.3 is 10.4 Å². The molecule has 0 radical (unpaired) electrons. The number of rotatable bonds is 2. The van der Waals surface area contributed by atoms with Crippen molar-refractivity contribution in [3.63, 3.8) is 0 Å². The van der Waals surface area contributed by atoms with E-state index in [1.807, 2.05) is 31.2 Å². The summed E-state index contributed by atoms with van der Waals surface area (Å²) in [7, 11) is 0. The SMILES string of the molecule is CC(C)(C)c1ccc(NC=O)cc1.CC1=C(O)C(=O)C=C2C1=CC=C1C2(C)CCC2C3CC(C)CCC3(C)CCC12C. The van der Waals surface area contributed by atoms with Crippen LogP contribution in [0.5, 0.6) is 0 Å². The number of allylic oxidation sites excluding steroid dienone is 7. The van der Waals surface area contributed by atoms with E-state index >= 15 is 0 Å². The minimum atomic E-state index is -0.221. The van der Waals surface area contributed by atoms with Crippen molar-refractivity contribution in [1.82, 2.24) is 0 Å². The van der Waals surface area contributed by atoms with Gasteiger partial charge in [-0.2, -0.15) is 0 Å². The molecule has 0 heterocycles. The van der Waals surface area contributed by atoms with Gasteiger partial charge in [-0.05, 0) is 114 Å². The molecule has 3 fully saturated rings. The van der Waals surface area contributed by atoms with E-state index in [2.05, 4.69) is 65.9 Å². The molecule has 5 aliphatic rings. The molecule has 4 nitrogen and oxygen atoms in total. The Bertz CT molecular complexity index is 1390. The lowest BCUT2D eigenvalue weighted by Gasteiger charge is -2.64. The average molecular weight is 570 g/mol. The molecule has 1 aromatic carbocycles. The Morgan fingerprint density at radius 1 is 0.952 bits per heavy atom. The van der Waals surface area contributed by atoms with Crippen LogP contribution in [-0.2, 0) is 15.0 Å². The van der Waals surface area contributed by atoms with Gasteiger partial charge in [-0.15, -0.1) is 0 Å². The lowest BCUT2D eigenvalue weighted by molar-refractivity contribution is -0.114. The largest absolute Gasteiger partial charge is 0.504 e. The van der Waals surface area contributed by atoms with Crippen molar-refractivity contribution >= 4 is 17.9 Å². The molecule has 0 bridgehead atoms. The molecule has 3 saturated carbocycles. The van der Waals surface area contributed by atoms with Crippen molar-refractivity contribution in [2.24, 2.45) is 34.0 Å². The van der Waals surface area contributed by atoms with E-state index in [4.69, 9.17) is 0 Å². The molecule has 0 aromatic heterocycles. The van der Waals surface area contributed by atoms with Crippen molar-refractivity contribution in [1.29, 1.82) is 0 Å². The first-order valence-electron chi connectivity index (χ1n) is 16.0. The van der Waals surface area contributed by atoms with E-state index in [1.165, 1.54) is 44.1 Å². The van der Waals surface area contributed by atoms with Crippen LogP contribution in [0.25, 0.3) is 0 Å². The van der Waals surface area contributed by atoms with Gasteiger partial charge >= 0.3 is 0 Å². The van der Waals surface area contributed by atoms with Gasteiger partial charge in [0.05, 0.1) is 0 Å². The molecule has 6 unspecified atom stereocenters. The van der Waals surface area contributed by atoms with Gasteiger partial charge in [-0.3, -0.25) is 9.59 Å². The maximum Gasteiger partial charge on any atom is 0.220 e. The van der Waals surface area contributed by atoms with Crippen LogP contribution in [0, 0.1) is 34.0 Å². The standard InChI is InChI=1S/C27H36O2.C11H15NO/c1-16-8-10-25(3)12-13-27(5)19(21(25)14-16)9-11-26(4)20-15-22(28)24(29)17(2)18(20)6-7-23(26)27;1-11(2,3)9-4-6-10(7-5-9)12-8-13/h6-7,15-16,19,21,29H,8-14H2,1-5H3;4-8H,1-3H3,(H,12,13). The third-order valence-electron chi connectivity index (χ3n) is 12.0. The lowest BCUT2D eigenvalue weighted by Crippen LogP contribution is -2.55. The summed E-state index contributed by atoms with van der Waals surface area (Å²) in [5, 5.41) is 12.8. The van der Waals surface area contributed by atoms with Crippen molar-refractivity contribution in [3.05, 3.63) is 76.1 Å². The number of ketones is 1. The number of hydrogen-bond acceptors (Lipinski definition) is 3. The molecule has 0 saturated heterocycles. The van der Waals surface area contributed by atoms with Crippen LogP contribution < -0.4 is 5.32 Å². The summed E-state index contributed by atoms with van der Waals surface area (Å²) in [4.78, 5) is 22.6. The van der Waals surface area contributed by atoms with E-state index in [0.717, 1.165) is 46.6 Å². The fourth-order valence-electron chi connectivity index (χ4n) is 9.21. The molecule has 1 amide bonds. The van der Waals surface area contributed by atoms with Gasteiger partial charge in [-0.1, -0.05) is 84.7 Å². The topological polar surface area (TPSA) is 66.4 Å². The highest BCUT2D eigenvalue weighted by Crippen LogP contribution is 2.69. The predicted molar refractivity (Wildman–Crippen MR) is 172 cm³/mol. The second-order valence-electron chi connectivity index (χ2n) is 15.7. The van der Waals surface area contributed by atoms with Gasteiger partial charge in [0.25, 0.3) is 0 Å². The van der Waals surface area contributed by atoms with E-state index in [-0.39, 0.29) is 27.8 Å². The number of amides is 1. The quantitative estimate of drug-likeness (QED) is 0.349. The molecule has 0 aliphatic heterocycles. The van der Waals surface area contributed by atoms with Crippen molar-refractivity contribution in [2.75, 3.05) is 5.32 Å². The summed E-state index contributed by atoms with van der Waals surface area (Å²) in [6, 6.07) is 7.89. The first kappa shape index (κ1) is 30.6. The monoisotopic (exact) mass is 569 g/mol. The molecule has 1 aromatic rings. The second-order valence-corrected chi connectivity index (χ2v) is 15.7. The summed E-state index contributed by atoms with van der Waals surface area (Å²) < 4.78 is 0. The first-order valence-corrected chi connectivity index (χ1v) is 16.0. The smallest absolute Gasteiger partial charge is 0.220 e. The molecule has 42 heavy (non-hydrogen) atoms. The zero-order chi connectivity index (χ0) is 30.7. The van der Waals surface area contributed by atoms with Gasteiger partial charge in [0.15, 0.2) is 5.76 Å². The summed E-state index contributed by atoms with van der Waals surface area (Å²) in [6.07, 6.45) is 16.1. The van der Waals surface area contributed by atoms with Gasteiger partial charge in [0.1, 0.15) is 0 Å². The molecule has 4 heteroatoms. The average Bonchev–Trinajstić information content (AvgIpc) is 2.93. The van der Waals surface area contributed by atoms with Crippen molar-refractivity contribution in [2.45, 2.75) is 106 Å². The Morgan fingerprint density at radius 3 is 2.29 bits per heavy atom. The number of anilines is 1. The summed E-state index contributed by atoms with van der Waals surface area (Å²) in [6.45, 7) is 18.3. The zero-order valence-corrected chi connectivity index (χ0v) is 27.1. The van der Waals surface area contributed by atoms with Gasteiger partial charge in [0.2, 0.25) is 12.2 Å². The Kier molecular flexibility index (Phi) is 7.78. The fourth-order valence-corrected chi connectivity index (χ4v) is 9.21. The van der Waals surface area contributed by atoms with Crippen LogP contribution in [0.3, 0.4) is 0 Å². The minimum Gasteiger partial charge on any atom is -0.504 e. The number of aliphatic hydroxyl groups excluding tert-OH is 1.